The molecule has 0 amide bonds. The van der Waals surface area contributed by atoms with Crippen LogP contribution in [0.15, 0.2) is 48.8 Å². The zero-order valence-corrected chi connectivity index (χ0v) is 16.4. The van der Waals surface area contributed by atoms with Crippen LogP contribution in [-0.2, 0) is 16.0 Å². The van der Waals surface area contributed by atoms with Crippen LogP contribution < -0.4 is 4.31 Å². The molecule has 3 aromatic rings. The van der Waals surface area contributed by atoms with Gasteiger partial charge in [-0.05, 0) is 36.6 Å². The Labute approximate surface area is 167 Å². The first kappa shape index (κ1) is 18.6. The largest absolute Gasteiger partial charge is 0.469 e. The number of nitrogens with zero attached hydrogens (tertiary/aromatic N) is 2. The highest BCUT2D eigenvalue weighted by atomic mass is 32.2. The van der Waals surface area contributed by atoms with Crippen LogP contribution in [0.2, 0.25) is 0 Å². The summed E-state index contributed by atoms with van der Waals surface area (Å²) < 4.78 is 6.88. The van der Waals surface area contributed by atoms with Crippen LogP contribution >= 0.6 is 11.9 Å². The van der Waals surface area contributed by atoms with Crippen molar-refractivity contribution in [3.05, 3.63) is 60.0 Å². The number of ether oxygens (including phenoxy) is 1. The van der Waals surface area contributed by atoms with Gasteiger partial charge in [0.2, 0.25) is 0 Å². The average Bonchev–Trinajstić information content (AvgIpc) is 3.37. The molecule has 1 fully saturated rings. The molecular formula is C21H21N3O3S. The van der Waals surface area contributed by atoms with E-state index in [1.807, 2.05) is 42.6 Å². The number of carbonyl (C=O) groups excluding carboxylic acids is 2. The molecule has 1 aromatic carbocycles. The fraction of sp³-hybridized carbons (Fsp3) is 0.286. The number of para-hydroxylation sites is 1. The number of Topliss-reactive ketones (excluding diaryl/α,β-unsaturated/α-hetero) is 1. The Morgan fingerprint density at radius 3 is 2.93 bits per heavy atom. The van der Waals surface area contributed by atoms with Crippen LogP contribution in [0.1, 0.15) is 22.5 Å². The molecule has 28 heavy (non-hydrogen) atoms. The normalized spacial score (nSPS) is 16.5. The Morgan fingerprint density at radius 1 is 1.29 bits per heavy atom. The van der Waals surface area contributed by atoms with E-state index in [-0.39, 0.29) is 24.1 Å². The third-order valence-corrected chi connectivity index (χ3v) is 6.18. The summed E-state index contributed by atoms with van der Waals surface area (Å²) >= 11 is 1.65. The lowest BCUT2D eigenvalue weighted by Gasteiger charge is -2.16. The van der Waals surface area contributed by atoms with Gasteiger partial charge in [0, 0.05) is 40.7 Å². The number of aromatic amines is 1. The molecule has 6 nitrogen and oxygen atoms in total. The van der Waals surface area contributed by atoms with E-state index in [2.05, 4.69) is 14.3 Å². The summed E-state index contributed by atoms with van der Waals surface area (Å²) in [6.45, 7) is 0.644. The van der Waals surface area contributed by atoms with Crippen LogP contribution in [0.25, 0.3) is 10.9 Å². The quantitative estimate of drug-likeness (QED) is 0.390. The molecule has 1 N–H and O–H groups in total. The SMILES string of the molecule is COC(=O)CCc1[nH]c2ccccc2c1C(=O)C1CSN(c2cccnc2)C1. The molecule has 1 saturated heterocycles. The van der Waals surface area contributed by atoms with Gasteiger partial charge in [-0.2, -0.15) is 0 Å². The van der Waals surface area contributed by atoms with E-state index in [1.54, 1.807) is 18.1 Å². The number of methoxy groups -OCH3 is 1. The van der Waals surface area contributed by atoms with E-state index >= 15 is 0 Å². The van der Waals surface area contributed by atoms with E-state index in [1.165, 1.54) is 7.11 Å². The molecule has 144 valence electrons. The van der Waals surface area contributed by atoms with Gasteiger partial charge in [-0.25, -0.2) is 0 Å². The number of rotatable bonds is 6. The fourth-order valence-electron chi connectivity index (χ4n) is 3.53. The first-order valence-corrected chi connectivity index (χ1v) is 10.1. The van der Waals surface area contributed by atoms with Gasteiger partial charge in [-0.3, -0.25) is 14.6 Å². The summed E-state index contributed by atoms with van der Waals surface area (Å²) in [4.78, 5) is 32.5. The highest BCUT2D eigenvalue weighted by molar-refractivity contribution is 8.00. The van der Waals surface area contributed by atoms with Gasteiger partial charge in [0.15, 0.2) is 5.78 Å². The number of anilines is 1. The molecule has 7 heteroatoms. The third kappa shape index (κ3) is 3.62. The average molecular weight is 395 g/mol. The number of pyridine rings is 1. The molecule has 0 bridgehead atoms. The zero-order valence-electron chi connectivity index (χ0n) is 15.6. The van der Waals surface area contributed by atoms with Crippen molar-refractivity contribution < 1.29 is 14.3 Å². The van der Waals surface area contributed by atoms with Crippen molar-refractivity contribution in [3.63, 3.8) is 0 Å². The van der Waals surface area contributed by atoms with E-state index in [4.69, 9.17) is 4.74 Å². The molecule has 0 radical (unpaired) electrons. The second-order valence-electron chi connectivity index (χ2n) is 6.73. The third-order valence-electron chi connectivity index (χ3n) is 4.96. The summed E-state index contributed by atoms with van der Waals surface area (Å²) in [7, 11) is 1.38. The van der Waals surface area contributed by atoms with Crippen molar-refractivity contribution in [1.29, 1.82) is 0 Å². The Morgan fingerprint density at radius 2 is 2.14 bits per heavy atom. The highest BCUT2D eigenvalue weighted by Crippen LogP contribution is 2.35. The number of esters is 1. The second kappa shape index (κ2) is 8.06. The number of nitrogens with one attached hydrogen (secondary N) is 1. The monoisotopic (exact) mass is 395 g/mol. The molecule has 1 aliphatic heterocycles. The zero-order chi connectivity index (χ0) is 19.5. The van der Waals surface area contributed by atoms with Crippen molar-refractivity contribution in [2.75, 3.05) is 23.7 Å². The van der Waals surface area contributed by atoms with E-state index in [0.717, 1.165) is 28.0 Å². The van der Waals surface area contributed by atoms with Gasteiger partial charge in [0.25, 0.3) is 0 Å². The number of ketones is 1. The first-order valence-electron chi connectivity index (χ1n) is 9.18. The van der Waals surface area contributed by atoms with Crippen LogP contribution in [0.4, 0.5) is 5.69 Å². The topological polar surface area (TPSA) is 75.3 Å². The van der Waals surface area contributed by atoms with Gasteiger partial charge in [-0.15, -0.1) is 0 Å². The number of hydrogen-bond acceptors (Lipinski definition) is 6. The predicted octanol–water partition coefficient (Wildman–Crippen LogP) is 3.64. The van der Waals surface area contributed by atoms with Gasteiger partial charge in [0.05, 0.1) is 31.3 Å². The van der Waals surface area contributed by atoms with E-state index in [0.29, 0.717) is 18.5 Å². The van der Waals surface area contributed by atoms with Crippen LogP contribution in [0.3, 0.4) is 0 Å². The summed E-state index contributed by atoms with van der Waals surface area (Å²) in [5.41, 5.74) is 3.44. The maximum atomic E-state index is 13.4. The van der Waals surface area contributed by atoms with Gasteiger partial charge < -0.3 is 14.0 Å². The lowest BCUT2D eigenvalue weighted by Crippen LogP contribution is -2.23. The van der Waals surface area contributed by atoms with Gasteiger partial charge >= 0.3 is 5.97 Å². The Hall–Kier alpha value is -2.80. The minimum atomic E-state index is -0.281. The number of benzene rings is 1. The van der Waals surface area contributed by atoms with Crippen LogP contribution in [0, 0.1) is 5.92 Å². The molecule has 1 atom stereocenters. The number of aryl methyl sites for hydroxylation is 1. The first-order chi connectivity index (χ1) is 13.7. The van der Waals surface area contributed by atoms with Gasteiger partial charge in [-0.1, -0.05) is 18.2 Å². The van der Waals surface area contributed by atoms with Crippen molar-refractivity contribution in [3.8, 4) is 0 Å². The summed E-state index contributed by atoms with van der Waals surface area (Å²) in [5, 5.41) is 0.914. The Kier molecular flexibility index (Phi) is 5.34. The number of hydrogen-bond donors (Lipinski definition) is 1. The van der Waals surface area contributed by atoms with E-state index < -0.39 is 0 Å². The summed E-state index contributed by atoms with van der Waals surface area (Å²) in [6, 6.07) is 11.7. The molecular weight excluding hydrogens is 374 g/mol. The van der Waals surface area contributed by atoms with Crippen molar-refractivity contribution in [2.24, 2.45) is 5.92 Å². The highest BCUT2D eigenvalue weighted by Gasteiger charge is 2.33. The molecule has 1 unspecified atom stereocenters. The molecule has 2 aromatic heterocycles. The minimum Gasteiger partial charge on any atom is -0.469 e. The number of H-pyrrole nitrogens is 1. The molecule has 0 aliphatic carbocycles. The van der Waals surface area contributed by atoms with Crippen molar-refractivity contribution in [2.45, 2.75) is 12.8 Å². The Balaban J connectivity index is 1.60. The maximum absolute atomic E-state index is 13.4. The fourth-order valence-corrected chi connectivity index (χ4v) is 4.68. The molecule has 0 saturated carbocycles. The van der Waals surface area contributed by atoms with Gasteiger partial charge in [0.1, 0.15) is 0 Å². The van der Waals surface area contributed by atoms with Crippen molar-refractivity contribution in [1.82, 2.24) is 9.97 Å². The molecule has 1 aliphatic rings. The number of fused-ring (bicyclic) bond motifs is 1. The number of aromatic nitrogens is 2. The van der Waals surface area contributed by atoms with E-state index in [9.17, 15) is 9.59 Å². The molecule has 0 spiro atoms. The van der Waals surface area contributed by atoms with Crippen LogP contribution in [0.5, 0.6) is 0 Å². The lowest BCUT2D eigenvalue weighted by atomic mass is 9.95. The maximum Gasteiger partial charge on any atom is 0.305 e. The summed E-state index contributed by atoms with van der Waals surface area (Å²) in [5.74, 6) is 0.456. The second-order valence-corrected chi connectivity index (χ2v) is 7.76. The number of carbonyl (C=O) groups is 2. The standard InChI is InChI=1S/C21H21N3O3S/c1-27-19(25)9-8-18-20(16-6-2-3-7-17(16)23-18)21(26)14-12-24(28-13-14)15-5-4-10-22-11-15/h2-7,10-11,14,23H,8-9,12-13H2,1H3. The summed E-state index contributed by atoms with van der Waals surface area (Å²) in [6.07, 6.45) is 4.25. The molecule has 4 rings (SSSR count). The molecule has 3 heterocycles. The predicted molar refractivity (Wildman–Crippen MR) is 110 cm³/mol. The van der Waals surface area contributed by atoms with Crippen LogP contribution in [-0.4, -0.2) is 41.1 Å². The minimum absolute atomic E-state index is 0.110. The lowest BCUT2D eigenvalue weighted by molar-refractivity contribution is -0.140. The smallest absolute Gasteiger partial charge is 0.305 e. The van der Waals surface area contributed by atoms with Crippen molar-refractivity contribution >= 4 is 40.3 Å². The Bertz CT molecular complexity index is 1000.